The lowest BCUT2D eigenvalue weighted by atomic mass is 9.78. The van der Waals surface area contributed by atoms with E-state index in [4.69, 9.17) is 0 Å². The number of amides is 1. The third-order valence-corrected chi connectivity index (χ3v) is 5.25. The predicted molar refractivity (Wildman–Crippen MR) is 99.8 cm³/mol. The SMILES string of the molecule is Cc1cc(C)n2nc(C(=O)N3CCC4(CCNC4)CC3)nc2n1.Cl.Cl. The van der Waals surface area contributed by atoms with Gasteiger partial charge in [0, 0.05) is 31.0 Å². The van der Waals surface area contributed by atoms with Gasteiger partial charge in [0.05, 0.1) is 0 Å². The number of piperidine rings is 1. The Kier molecular flexibility index (Phi) is 5.91. The Morgan fingerprint density at radius 2 is 1.88 bits per heavy atom. The van der Waals surface area contributed by atoms with Crippen LogP contribution in [0.15, 0.2) is 6.07 Å². The molecule has 0 unspecified atom stereocenters. The van der Waals surface area contributed by atoms with Gasteiger partial charge in [0.1, 0.15) is 0 Å². The maximum absolute atomic E-state index is 12.7. The van der Waals surface area contributed by atoms with E-state index in [1.807, 2.05) is 24.8 Å². The fourth-order valence-corrected chi connectivity index (χ4v) is 3.80. The van der Waals surface area contributed by atoms with Crippen molar-refractivity contribution in [3.05, 3.63) is 23.3 Å². The van der Waals surface area contributed by atoms with Crippen molar-refractivity contribution < 1.29 is 4.79 Å². The minimum absolute atomic E-state index is 0. The Morgan fingerprint density at radius 1 is 1.16 bits per heavy atom. The molecule has 0 saturated carbocycles. The second kappa shape index (κ2) is 7.43. The van der Waals surface area contributed by atoms with Crippen LogP contribution < -0.4 is 5.32 Å². The first-order chi connectivity index (χ1) is 11.1. The van der Waals surface area contributed by atoms with Gasteiger partial charge in [-0.1, -0.05) is 0 Å². The third-order valence-electron chi connectivity index (χ3n) is 5.25. The van der Waals surface area contributed by atoms with E-state index in [9.17, 15) is 4.79 Å². The number of nitrogens with one attached hydrogen (secondary N) is 1. The normalized spacial score (nSPS) is 18.9. The standard InChI is InChI=1S/C16H22N6O.2ClH/c1-11-9-12(2)22-15(18-11)19-13(20-22)14(23)21-7-4-16(5-8-21)3-6-17-10-16;;/h9,17H,3-8,10H2,1-2H3;2*1H. The highest BCUT2D eigenvalue weighted by Crippen LogP contribution is 2.37. The molecule has 9 heteroatoms. The summed E-state index contributed by atoms with van der Waals surface area (Å²) in [7, 11) is 0. The van der Waals surface area contributed by atoms with Crippen LogP contribution in [-0.4, -0.2) is 56.6 Å². The number of hydrogen-bond donors (Lipinski definition) is 1. The van der Waals surface area contributed by atoms with E-state index in [1.165, 1.54) is 6.42 Å². The van der Waals surface area contributed by atoms with E-state index >= 15 is 0 Å². The van der Waals surface area contributed by atoms with E-state index < -0.39 is 0 Å². The molecule has 2 aromatic heterocycles. The van der Waals surface area contributed by atoms with Gasteiger partial charge in [-0.05, 0) is 51.1 Å². The zero-order valence-corrected chi connectivity index (χ0v) is 16.1. The highest BCUT2D eigenvalue weighted by atomic mass is 35.5. The summed E-state index contributed by atoms with van der Waals surface area (Å²) in [5, 5.41) is 7.81. The third kappa shape index (κ3) is 3.59. The lowest BCUT2D eigenvalue weighted by Gasteiger charge is -2.38. The van der Waals surface area contributed by atoms with Crippen molar-refractivity contribution in [1.82, 2.24) is 29.8 Å². The Hall–Kier alpha value is -1.44. The minimum Gasteiger partial charge on any atom is -0.336 e. The topological polar surface area (TPSA) is 75.4 Å². The fraction of sp³-hybridized carbons (Fsp3) is 0.625. The highest BCUT2D eigenvalue weighted by Gasteiger charge is 2.38. The first kappa shape index (κ1) is 19.9. The molecule has 1 amide bonds. The zero-order chi connectivity index (χ0) is 16.0. The number of nitrogens with zero attached hydrogens (tertiary/aromatic N) is 5. The van der Waals surface area contributed by atoms with Crippen molar-refractivity contribution in [2.45, 2.75) is 33.1 Å². The Morgan fingerprint density at radius 3 is 2.52 bits per heavy atom. The molecule has 2 aliphatic heterocycles. The van der Waals surface area contributed by atoms with Gasteiger partial charge >= 0.3 is 0 Å². The van der Waals surface area contributed by atoms with E-state index in [0.717, 1.165) is 50.4 Å². The maximum Gasteiger partial charge on any atom is 0.293 e. The summed E-state index contributed by atoms with van der Waals surface area (Å²) < 4.78 is 1.65. The lowest BCUT2D eigenvalue weighted by Crippen LogP contribution is -2.44. The Balaban J connectivity index is 0.00000113. The highest BCUT2D eigenvalue weighted by molar-refractivity contribution is 5.91. The number of aryl methyl sites for hydroxylation is 2. The molecule has 0 aromatic carbocycles. The molecule has 25 heavy (non-hydrogen) atoms. The smallest absolute Gasteiger partial charge is 0.293 e. The van der Waals surface area contributed by atoms with Gasteiger partial charge in [-0.3, -0.25) is 4.79 Å². The molecular weight excluding hydrogens is 363 g/mol. The van der Waals surface area contributed by atoms with Crippen LogP contribution in [0, 0.1) is 19.3 Å². The van der Waals surface area contributed by atoms with Crippen LogP contribution in [0.2, 0.25) is 0 Å². The molecule has 2 aromatic rings. The van der Waals surface area contributed by atoms with Crippen LogP contribution in [0.3, 0.4) is 0 Å². The average molecular weight is 387 g/mol. The zero-order valence-electron chi connectivity index (χ0n) is 14.5. The minimum atomic E-state index is -0.0756. The molecule has 2 aliphatic rings. The number of likely N-dealkylation sites (tertiary alicyclic amines) is 1. The summed E-state index contributed by atoms with van der Waals surface area (Å²) in [4.78, 5) is 23.3. The molecular formula is C16H24Cl2N6O. The lowest BCUT2D eigenvalue weighted by molar-refractivity contribution is 0.0596. The Labute approximate surface area is 159 Å². The summed E-state index contributed by atoms with van der Waals surface area (Å²) in [6.07, 6.45) is 3.36. The molecule has 4 rings (SSSR count). The molecule has 7 nitrogen and oxygen atoms in total. The van der Waals surface area contributed by atoms with Crippen LogP contribution in [0.5, 0.6) is 0 Å². The van der Waals surface area contributed by atoms with Crippen LogP contribution in [0.1, 0.15) is 41.3 Å². The van der Waals surface area contributed by atoms with Gasteiger partial charge in [0.15, 0.2) is 0 Å². The largest absolute Gasteiger partial charge is 0.336 e. The number of halogens is 2. The monoisotopic (exact) mass is 386 g/mol. The van der Waals surface area contributed by atoms with Gasteiger partial charge in [-0.15, -0.1) is 29.9 Å². The molecule has 4 heterocycles. The number of rotatable bonds is 1. The molecule has 0 aliphatic carbocycles. The molecule has 2 saturated heterocycles. The predicted octanol–water partition coefficient (Wildman–Crippen LogP) is 1.80. The number of hydrogen-bond acceptors (Lipinski definition) is 5. The van der Waals surface area contributed by atoms with E-state index in [2.05, 4.69) is 20.4 Å². The molecule has 0 atom stereocenters. The summed E-state index contributed by atoms with van der Waals surface area (Å²) in [6, 6.07) is 1.94. The van der Waals surface area contributed by atoms with Gasteiger partial charge in [0.25, 0.3) is 11.7 Å². The van der Waals surface area contributed by atoms with E-state index in [-0.39, 0.29) is 36.5 Å². The van der Waals surface area contributed by atoms with E-state index in [1.54, 1.807) is 4.52 Å². The quantitative estimate of drug-likeness (QED) is 0.808. The van der Waals surface area contributed by atoms with Gasteiger partial charge in [-0.25, -0.2) is 9.50 Å². The number of fused-ring (bicyclic) bond motifs is 1. The van der Waals surface area contributed by atoms with Crippen molar-refractivity contribution in [1.29, 1.82) is 0 Å². The number of carbonyl (C=O) groups is 1. The Bertz CT molecular complexity index is 761. The van der Waals surface area contributed by atoms with Gasteiger partial charge in [0.2, 0.25) is 5.82 Å². The molecule has 1 N–H and O–H groups in total. The van der Waals surface area contributed by atoms with Crippen molar-refractivity contribution in [3.63, 3.8) is 0 Å². The van der Waals surface area contributed by atoms with Crippen molar-refractivity contribution in [2.24, 2.45) is 5.41 Å². The maximum atomic E-state index is 12.7. The van der Waals surface area contributed by atoms with Gasteiger partial charge < -0.3 is 10.2 Å². The first-order valence-electron chi connectivity index (χ1n) is 8.27. The first-order valence-corrected chi connectivity index (χ1v) is 8.27. The summed E-state index contributed by atoms with van der Waals surface area (Å²) in [5.74, 6) is 0.680. The summed E-state index contributed by atoms with van der Waals surface area (Å²) >= 11 is 0. The van der Waals surface area contributed by atoms with Crippen LogP contribution in [-0.2, 0) is 0 Å². The second-order valence-electron chi connectivity index (χ2n) is 6.91. The second-order valence-corrected chi connectivity index (χ2v) is 6.91. The number of aromatic nitrogens is 4. The summed E-state index contributed by atoms with van der Waals surface area (Å²) in [5.41, 5.74) is 2.22. The van der Waals surface area contributed by atoms with Crippen LogP contribution in [0.25, 0.3) is 5.78 Å². The van der Waals surface area contributed by atoms with Crippen molar-refractivity contribution in [2.75, 3.05) is 26.2 Å². The van der Waals surface area contributed by atoms with Crippen LogP contribution in [0.4, 0.5) is 0 Å². The molecule has 0 bridgehead atoms. The molecule has 2 fully saturated rings. The van der Waals surface area contributed by atoms with E-state index in [0.29, 0.717) is 11.2 Å². The van der Waals surface area contributed by atoms with Gasteiger partial charge in [-0.2, -0.15) is 4.98 Å². The van der Waals surface area contributed by atoms with Crippen molar-refractivity contribution in [3.8, 4) is 0 Å². The fourth-order valence-electron chi connectivity index (χ4n) is 3.80. The number of carbonyl (C=O) groups excluding carboxylic acids is 1. The summed E-state index contributed by atoms with van der Waals surface area (Å²) in [6.45, 7) is 7.64. The van der Waals surface area contributed by atoms with Crippen LogP contribution >= 0.6 is 24.8 Å². The molecule has 138 valence electrons. The van der Waals surface area contributed by atoms with Crippen molar-refractivity contribution >= 4 is 36.5 Å². The average Bonchev–Trinajstić information content (AvgIpc) is 3.15. The molecule has 1 spiro atoms. The molecule has 0 radical (unpaired) electrons.